The summed E-state index contributed by atoms with van der Waals surface area (Å²) in [7, 11) is 0. The Hall–Kier alpha value is -0.350. The summed E-state index contributed by atoms with van der Waals surface area (Å²) in [5, 5.41) is 5.88. The highest BCUT2D eigenvalue weighted by molar-refractivity contribution is 7.80. The van der Waals surface area contributed by atoms with Crippen molar-refractivity contribution in [1.29, 1.82) is 0 Å². The minimum atomic E-state index is 0.783. The van der Waals surface area contributed by atoms with Crippen molar-refractivity contribution in [2.75, 3.05) is 13.2 Å². The Labute approximate surface area is 73.1 Å². The first-order valence-electron chi connectivity index (χ1n) is 4.13. The number of unbranched alkanes of at least 4 members (excludes halogenated alkanes) is 2. The molecule has 3 nitrogen and oxygen atoms in total. The van der Waals surface area contributed by atoms with Gasteiger partial charge in [-0.25, -0.2) is 5.43 Å². The van der Waals surface area contributed by atoms with E-state index in [0.717, 1.165) is 18.3 Å². The molecule has 1 fully saturated rings. The molecule has 64 valence electrons. The van der Waals surface area contributed by atoms with Crippen LogP contribution in [0.4, 0.5) is 0 Å². The standard InChI is InChI=1S/C7H15N3S/c1-2-3-4-5-10-7(11)8-6-9-10/h9H,2-6H2,1H3,(H,8,11). The molecule has 0 spiro atoms. The molecule has 11 heavy (non-hydrogen) atoms. The molecule has 1 heterocycles. The lowest BCUT2D eigenvalue weighted by Gasteiger charge is -2.15. The lowest BCUT2D eigenvalue weighted by atomic mass is 10.2. The zero-order valence-corrected chi connectivity index (χ0v) is 7.71. The van der Waals surface area contributed by atoms with Gasteiger partial charge in [0.25, 0.3) is 0 Å². The third-order valence-corrected chi connectivity index (χ3v) is 2.10. The minimum absolute atomic E-state index is 0.783. The molecule has 0 bridgehead atoms. The van der Waals surface area contributed by atoms with Crippen LogP contribution in [0.5, 0.6) is 0 Å². The molecule has 0 radical (unpaired) electrons. The van der Waals surface area contributed by atoms with Crippen molar-refractivity contribution in [2.45, 2.75) is 26.2 Å². The molecule has 0 atom stereocenters. The van der Waals surface area contributed by atoms with Gasteiger partial charge in [-0.05, 0) is 18.6 Å². The molecule has 1 saturated heterocycles. The van der Waals surface area contributed by atoms with E-state index in [-0.39, 0.29) is 0 Å². The summed E-state index contributed by atoms with van der Waals surface area (Å²) in [6.07, 6.45) is 3.75. The van der Waals surface area contributed by atoms with Crippen LogP contribution in [0.3, 0.4) is 0 Å². The maximum atomic E-state index is 5.04. The molecule has 0 amide bonds. The monoisotopic (exact) mass is 173 g/mol. The highest BCUT2D eigenvalue weighted by Crippen LogP contribution is 1.98. The Morgan fingerprint density at radius 2 is 2.36 bits per heavy atom. The summed E-state index contributed by atoms with van der Waals surface area (Å²) in [4.78, 5) is 0. The van der Waals surface area contributed by atoms with E-state index in [4.69, 9.17) is 12.2 Å². The van der Waals surface area contributed by atoms with Crippen LogP contribution in [-0.4, -0.2) is 23.3 Å². The fraction of sp³-hybridized carbons (Fsp3) is 0.857. The number of nitrogens with zero attached hydrogens (tertiary/aromatic N) is 1. The summed E-state index contributed by atoms with van der Waals surface area (Å²) < 4.78 is 0. The molecule has 1 aliphatic heterocycles. The topological polar surface area (TPSA) is 27.3 Å². The van der Waals surface area contributed by atoms with Crippen molar-refractivity contribution in [3.63, 3.8) is 0 Å². The van der Waals surface area contributed by atoms with Gasteiger partial charge in [-0.15, -0.1) is 0 Å². The average Bonchev–Trinajstić information content (AvgIpc) is 2.37. The molecule has 1 rings (SSSR count). The Kier molecular flexibility index (Phi) is 3.59. The van der Waals surface area contributed by atoms with Crippen molar-refractivity contribution >= 4 is 17.3 Å². The Morgan fingerprint density at radius 1 is 1.55 bits per heavy atom. The SMILES string of the molecule is CCCCCN1NCNC1=S. The molecular formula is C7H15N3S. The Bertz CT molecular complexity index is 138. The summed E-state index contributed by atoms with van der Waals surface area (Å²) in [5.41, 5.74) is 3.15. The highest BCUT2D eigenvalue weighted by atomic mass is 32.1. The smallest absolute Gasteiger partial charge is 0.184 e. The first-order chi connectivity index (χ1) is 5.34. The van der Waals surface area contributed by atoms with Crippen molar-refractivity contribution < 1.29 is 0 Å². The van der Waals surface area contributed by atoms with Gasteiger partial charge >= 0.3 is 0 Å². The summed E-state index contributed by atoms with van der Waals surface area (Å²) >= 11 is 5.04. The van der Waals surface area contributed by atoms with Gasteiger partial charge in [0.2, 0.25) is 0 Å². The van der Waals surface area contributed by atoms with Crippen LogP contribution >= 0.6 is 12.2 Å². The van der Waals surface area contributed by atoms with Crippen LogP contribution in [0.2, 0.25) is 0 Å². The quantitative estimate of drug-likeness (QED) is 0.486. The van der Waals surface area contributed by atoms with Crippen molar-refractivity contribution in [3.8, 4) is 0 Å². The van der Waals surface area contributed by atoms with Gasteiger partial charge < -0.3 is 5.32 Å². The van der Waals surface area contributed by atoms with E-state index < -0.39 is 0 Å². The Morgan fingerprint density at radius 3 is 2.91 bits per heavy atom. The zero-order valence-electron chi connectivity index (χ0n) is 6.89. The molecule has 0 aromatic rings. The maximum absolute atomic E-state index is 5.04. The van der Waals surface area contributed by atoms with Crippen molar-refractivity contribution in [2.24, 2.45) is 0 Å². The minimum Gasteiger partial charge on any atom is -0.347 e. The van der Waals surface area contributed by atoms with Crippen molar-refractivity contribution in [1.82, 2.24) is 15.8 Å². The largest absolute Gasteiger partial charge is 0.347 e. The molecule has 0 aliphatic carbocycles. The molecule has 2 N–H and O–H groups in total. The second-order valence-corrected chi connectivity index (χ2v) is 3.06. The second kappa shape index (κ2) is 4.51. The molecule has 1 aliphatic rings. The van der Waals surface area contributed by atoms with Gasteiger partial charge in [-0.3, -0.25) is 5.01 Å². The second-order valence-electron chi connectivity index (χ2n) is 2.68. The zero-order chi connectivity index (χ0) is 8.10. The van der Waals surface area contributed by atoms with E-state index in [1.807, 2.05) is 5.01 Å². The number of thiocarbonyl (C=S) groups is 1. The Balaban J connectivity index is 2.10. The predicted octanol–water partition coefficient (Wildman–Crippen LogP) is 0.829. The van der Waals surface area contributed by atoms with E-state index in [1.165, 1.54) is 19.3 Å². The first kappa shape index (κ1) is 8.74. The average molecular weight is 173 g/mol. The van der Waals surface area contributed by atoms with Crippen LogP contribution in [0.25, 0.3) is 0 Å². The third-order valence-electron chi connectivity index (χ3n) is 1.74. The van der Waals surface area contributed by atoms with E-state index >= 15 is 0 Å². The third kappa shape index (κ3) is 2.63. The number of rotatable bonds is 4. The number of nitrogens with one attached hydrogen (secondary N) is 2. The summed E-state index contributed by atoms with van der Waals surface area (Å²) in [5.74, 6) is 0. The number of hydrogen-bond acceptors (Lipinski definition) is 2. The fourth-order valence-corrected chi connectivity index (χ4v) is 1.31. The van der Waals surface area contributed by atoms with Crippen LogP contribution in [0.1, 0.15) is 26.2 Å². The summed E-state index contributed by atoms with van der Waals surface area (Å²) in [6, 6.07) is 0. The van der Waals surface area contributed by atoms with Crippen LogP contribution < -0.4 is 10.7 Å². The molecular weight excluding hydrogens is 158 g/mol. The molecule has 0 aromatic heterocycles. The molecule has 0 saturated carbocycles. The van der Waals surface area contributed by atoms with Gasteiger partial charge in [-0.1, -0.05) is 19.8 Å². The van der Waals surface area contributed by atoms with E-state index in [1.54, 1.807) is 0 Å². The lowest BCUT2D eigenvalue weighted by molar-refractivity contribution is 0.342. The van der Waals surface area contributed by atoms with Crippen LogP contribution in [0, 0.1) is 0 Å². The van der Waals surface area contributed by atoms with E-state index in [9.17, 15) is 0 Å². The van der Waals surface area contributed by atoms with Gasteiger partial charge in [0.1, 0.15) is 0 Å². The first-order valence-corrected chi connectivity index (χ1v) is 4.54. The van der Waals surface area contributed by atoms with Gasteiger partial charge in [0, 0.05) is 6.54 Å². The molecule has 0 aromatic carbocycles. The normalized spacial score (nSPS) is 17.2. The van der Waals surface area contributed by atoms with E-state index in [2.05, 4.69) is 17.7 Å². The molecule has 0 unspecified atom stereocenters. The predicted molar refractivity (Wildman–Crippen MR) is 50.0 cm³/mol. The molecule has 4 heteroatoms. The van der Waals surface area contributed by atoms with Gasteiger partial charge in [0.05, 0.1) is 6.67 Å². The van der Waals surface area contributed by atoms with Gasteiger partial charge in [0.15, 0.2) is 5.11 Å². The van der Waals surface area contributed by atoms with Crippen LogP contribution in [0.15, 0.2) is 0 Å². The van der Waals surface area contributed by atoms with E-state index in [0.29, 0.717) is 0 Å². The summed E-state index contributed by atoms with van der Waals surface area (Å²) in [6.45, 7) is 4.01. The highest BCUT2D eigenvalue weighted by Gasteiger charge is 2.13. The van der Waals surface area contributed by atoms with Crippen molar-refractivity contribution in [3.05, 3.63) is 0 Å². The van der Waals surface area contributed by atoms with Crippen LogP contribution in [-0.2, 0) is 0 Å². The number of hydrogen-bond donors (Lipinski definition) is 2. The maximum Gasteiger partial charge on any atom is 0.184 e. The fourth-order valence-electron chi connectivity index (χ4n) is 1.08. The van der Waals surface area contributed by atoms with Gasteiger partial charge in [-0.2, -0.15) is 0 Å². The number of hydrazine groups is 1. The lowest BCUT2D eigenvalue weighted by Crippen LogP contribution is -2.34.